The molecule has 0 aliphatic heterocycles. The summed E-state index contributed by atoms with van der Waals surface area (Å²) in [5.74, 6) is 0.467. The second-order valence-electron chi connectivity index (χ2n) is 5.90. The molecule has 0 aliphatic carbocycles. The number of aromatic nitrogens is 1. The molecule has 2 aromatic carbocycles. The Labute approximate surface area is 163 Å². The van der Waals surface area contributed by atoms with Crippen LogP contribution < -0.4 is 15.4 Å². The number of rotatable bonds is 6. The fourth-order valence-electron chi connectivity index (χ4n) is 2.47. The third-order valence-electron chi connectivity index (χ3n) is 3.89. The first kappa shape index (κ1) is 18.7. The molecule has 1 amide bonds. The molecular formula is C21H20ClN3O2. The van der Waals surface area contributed by atoms with E-state index >= 15 is 0 Å². The van der Waals surface area contributed by atoms with E-state index in [9.17, 15) is 4.79 Å². The van der Waals surface area contributed by atoms with Crippen LogP contribution in [-0.2, 0) is 0 Å². The summed E-state index contributed by atoms with van der Waals surface area (Å²) < 4.78 is 5.60. The van der Waals surface area contributed by atoms with Gasteiger partial charge >= 0.3 is 0 Å². The molecule has 3 rings (SSSR count). The normalized spacial score (nSPS) is 10.3. The van der Waals surface area contributed by atoms with Crippen LogP contribution in [0.1, 0.15) is 23.0 Å². The summed E-state index contributed by atoms with van der Waals surface area (Å²) in [6, 6.07) is 16.5. The molecule has 0 saturated heterocycles. The highest BCUT2D eigenvalue weighted by Crippen LogP contribution is 2.27. The van der Waals surface area contributed by atoms with Crippen molar-refractivity contribution in [2.45, 2.75) is 13.8 Å². The Hall–Kier alpha value is -3.05. The zero-order valence-corrected chi connectivity index (χ0v) is 15.9. The number of ether oxygens (including phenoxy) is 1. The van der Waals surface area contributed by atoms with Crippen molar-refractivity contribution in [3.05, 3.63) is 77.1 Å². The number of pyridine rings is 1. The number of benzene rings is 2. The van der Waals surface area contributed by atoms with Crippen molar-refractivity contribution in [3.8, 4) is 5.75 Å². The molecule has 138 valence electrons. The Bertz CT molecular complexity index is 942. The summed E-state index contributed by atoms with van der Waals surface area (Å²) in [5.41, 5.74) is 3.50. The lowest BCUT2D eigenvalue weighted by molar-refractivity contribution is 0.102. The number of carbonyl (C=O) groups is 1. The van der Waals surface area contributed by atoms with E-state index in [-0.39, 0.29) is 5.91 Å². The van der Waals surface area contributed by atoms with Crippen molar-refractivity contribution in [3.63, 3.8) is 0 Å². The first-order chi connectivity index (χ1) is 13.1. The Kier molecular flexibility index (Phi) is 5.94. The predicted molar refractivity (Wildman–Crippen MR) is 109 cm³/mol. The predicted octanol–water partition coefficient (Wildman–Crippen LogP) is 5.44. The molecule has 0 bridgehead atoms. The summed E-state index contributed by atoms with van der Waals surface area (Å²) in [7, 11) is 0. The van der Waals surface area contributed by atoms with E-state index in [1.165, 1.54) is 0 Å². The number of aryl methyl sites for hydroxylation is 1. The maximum atomic E-state index is 12.4. The number of carbonyl (C=O) groups excluding carboxylic acids is 1. The average molecular weight is 382 g/mol. The van der Waals surface area contributed by atoms with Gasteiger partial charge in [0.1, 0.15) is 11.4 Å². The van der Waals surface area contributed by atoms with Gasteiger partial charge in [-0.3, -0.25) is 4.79 Å². The summed E-state index contributed by atoms with van der Waals surface area (Å²) in [4.78, 5) is 16.6. The number of halogens is 1. The van der Waals surface area contributed by atoms with Crippen LogP contribution in [-0.4, -0.2) is 17.5 Å². The Morgan fingerprint density at radius 1 is 1.11 bits per heavy atom. The third-order valence-corrected chi connectivity index (χ3v) is 4.30. The topological polar surface area (TPSA) is 63.2 Å². The maximum absolute atomic E-state index is 12.4. The van der Waals surface area contributed by atoms with Crippen molar-refractivity contribution in [1.29, 1.82) is 0 Å². The van der Waals surface area contributed by atoms with Gasteiger partial charge < -0.3 is 15.4 Å². The summed E-state index contributed by atoms with van der Waals surface area (Å²) >= 11 is 6.09. The Morgan fingerprint density at radius 2 is 1.89 bits per heavy atom. The van der Waals surface area contributed by atoms with E-state index in [1.54, 1.807) is 30.5 Å². The molecule has 0 saturated carbocycles. The molecule has 0 fully saturated rings. The van der Waals surface area contributed by atoms with E-state index in [2.05, 4.69) is 15.6 Å². The summed E-state index contributed by atoms with van der Waals surface area (Å²) in [6.45, 7) is 4.43. The zero-order valence-electron chi connectivity index (χ0n) is 15.1. The van der Waals surface area contributed by atoms with E-state index in [1.807, 2.05) is 44.2 Å². The molecule has 0 radical (unpaired) electrons. The van der Waals surface area contributed by atoms with Gasteiger partial charge in [0.15, 0.2) is 0 Å². The molecule has 6 heteroatoms. The molecule has 0 aliphatic rings. The van der Waals surface area contributed by atoms with Crippen molar-refractivity contribution >= 4 is 34.6 Å². The SMILES string of the molecule is CCOc1ccccc1Nc1ccc(C(=O)Nc2ccc(C)c(Cl)c2)nc1. The van der Waals surface area contributed by atoms with Gasteiger partial charge in [-0.25, -0.2) is 4.98 Å². The van der Waals surface area contributed by atoms with Gasteiger partial charge in [0.25, 0.3) is 5.91 Å². The fraction of sp³-hybridized carbons (Fsp3) is 0.143. The van der Waals surface area contributed by atoms with Crippen LogP contribution in [0.3, 0.4) is 0 Å². The van der Waals surface area contributed by atoms with Gasteiger partial charge in [-0.2, -0.15) is 0 Å². The maximum Gasteiger partial charge on any atom is 0.274 e. The van der Waals surface area contributed by atoms with Crippen LogP contribution in [0, 0.1) is 6.92 Å². The number of hydrogen-bond acceptors (Lipinski definition) is 4. The monoisotopic (exact) mass is 381 g/mol. The molecule has 0 atom stereocenters. The fourth-order valence-corrected chi connectivity index (χ4v) is 2.66. The Morgan fingerprint density at radius 3 is 2.59 bits per heavy atom. The Balaban J connectivity index is 1.69. The molecule has 0 unspecified atom stereocenters. The van der Waals surface area contributed by atoms with E-state index in [4.69, 9.17) is 16.3 Å². The highest BCUT2D eigenvalue weighted by molar-refractivity contribution is 6.31. The van der Waals surface area contributed by atoms with Crippen LogP contribution >= 0.6 is 11.6 Å². The number of nitrogens with one attached hydrogen (secondary N) is 2. The van der Waals surface area contributed by atoms with Crippen LogP contribution in [0.25, 0.3) is 0 Å². The largest absolute Gasteiger partial charge is 0.492 e. The van der Waals surface area contributed by atoms with Crippen molar-refractivity contribution in [1.82, 2.24) is 4.98 Å². The zero-order chi connectivity index (χ0) is 19.2. The van der Waals surface area contributed by atoms with Gasteiger partial charge in [-0.1, -0.05) is 29.8 Å². The van der Waals surface area contributed by atoms with Crippen molar-refractivity contribution in [2.24, 2.45) is 0 Å². The van der Waals surface area contributed by atoms with Gasteiger partial charge in [-0.15, -0.1) is 0 Å². The van der Waals surface area contributed by atoms with Gasteiger partial charge in [0.05, 0.1) is 24.2 Å². The number of amides is 1. The first-order valence-electron chi connectivity index (χ1n) is 8.59. The first-order valence-corrected chi connectivity index (χ1v) is 8.97. The summed E-state index contributed by atoms with van der Waals surface area (Å²) in [6.07, 6.45) is 1.61. The third kappa shape index (κ3) is 4.77. The van der Waals surface area contributed by atoms with Crippen LogP contribution in [0.2, 0.25) is 5.02 Å². The van der Waals surface area contributed by atoms with E-state index < -0.39 is 0 Å². The minimum atomic E-state index is -0.295. The molecule has 27 heavy (non-hydrogen) atoms. The number of nitrogens with zero attached hydrogens (tertiary/aromatic N) is 1. The minimum absolute atomic E-state index is 0.295. The van der Waals surface area contributed by atoms with Gasteiger partial charge in [-0.05, 0) is 55.8 Å². The van der Waals surface area contributed by atoms with Gasteiger partial charge in [0.2, 0.25) is 0 Å². The molecule has 2 N–H and O–H groups in total. The number of anilines is 3. The highest BCUT2D eigenvalue weighted by atomic mass is 35.5. The molecule has 0 spiro atoms. The van der Waals surface area contributed by atoms with E-state index in [0.717, 1.165) is 22.7 Å². The van der Waals surface area contributed by atoms with Crippen molar-refractivity contribution < 1.29 is 9.53 Å². The second-order valence-corrected chi connectivity index (χ2v) is 6.31. The minimum Gasteiger partial charge on any atom is -0.492 e. The standard InChI is InChI=1S/C21H20ClN3O2/c1-3-27-20-7-5-4-6-18(20)24-16-10-11-19(23-13-16)21(26)25-15-9-8-14(2)17(22)12-15/h4-13,24H,3H2,1-2H3,(H,25,26). The second kappa shape index (κ2) is 8.56. The lowest BCUT2D eigenvalue weighted by atomic mass is 10.2. The molecule has 3 aromatic rings. The lowest BCUT2D eigenvalue weighted by Gasteiger charge is -2.12. The van der Waals surface area contributed by atoms with Crippen LogP contribution in [0.5, 0.6) is 5.75 Å². The van der Waals surface area contributed by atoms with E-state index in [0.29, 0.717) is 23.0 Å². The molecular weight excluding hydrogens is 362 g/mol. The van der Waals surface area contributed by atoms with Gasteiger partial charge in [0, 0.05) is 10.7 Å². The average Bonchev–Trinajstić information content (AvgIpc) is 2.67. The summed E-state index contributed by atoms with van der Waals surface area (Å²) in [5, 5.41) is 6.65. The quantitative estimate of drug-likeness (QED) is 0.597. The molecule has 1 heterocycles. The smallest absolute Gasteiger partial charge is 0.274 e. The lowest BCUT2D eigenvalue weighted by Crippen LogP contribution is -2.13. The van der Waals surface area contributed by atoms with Crippen molar-refractivity contribution in [2.75, 3.05) is 17.2 Å². The number of hydrogen-bond donors (Lipinski definition) is 2. The van der Waals surface area contributed by atoms with Crippen LogP contribution in [0.4, 0.5) is 17.1 Å². The molecule has 1 aromatic heterocycles. The molecule has 5 nitrogen and oxygen atoms in total. The number of para-hydroxylation sites is 2. The highest BCUT2D eigenvalue weighted by Gasteiger charge is 2.09. The van der Waals surface area contributed by atoms with Crippen LogP contribution in [0.15, 0.2) is 60.8 Å².